The van der Waals surface area contributed by atoms with Gasteiger partial charge in [-0.2, -0.15) is 0 Å². The van der Waals surface area contributed by atoms with E-state index in [1.807, 2.05) is 0 Å². The lowest BCUT2D eigenvalue weighted by Crippen LogP contribution is -2.34. The topological polar surface area (TPSA) is 83.5 Å². The maximum Gasteiger partial charge on any atom is 0.220 e. The van der Waals surface area contributed by atoms with Crippen LogP contribution in [0.3, 0.4) is 0 Å². The first-order valence-electron chi connectivity index (χ1n) is 9.80. The van der Waals surface area contributed by atoms with Gasteiger partial charge in [0, 0.05) is 25.3 Å². The van der Waals surface area contributed by atoms with Gasteiger partial charge in [0.05, 0.1) is 6.61 Å². The summed E-state index contributed by atoms with van der Waals surface area (Å²) in [5, 5.41) is 11.5. The maximum atomic E-state index is 11.7. The fourth-order valence-electron chi connectivity index (χ4n) is 2.37. The lowest BCUT2D eigenvalue weighted by molar-refractivity contribution is -0.122. The molecular weight excluding hydrogens is 330 g/mol. The quantitative estimate of drug-likeness (QED) is 0.248. The predicted molar refractivity (Wildman–Crippen MR) is 105 cm³/mol. The van der Waals surface area contributed by atoms with Gasteiger partial charge in [0.15, 0.2) is 11.6 Å². The summed E-state index contributed by atoms with van der Waals surface area (Å²) in [6, 6.07) is -0.238. The monoisotopic (exact) mass is 365 g/mol. The Balaban J connectivity index is 3.75. The Bertz CT molecular complexity index is 469. The second kappa shape index (κ2) is 16.7. The van der Waals surface area contributed by atoms with Crippen molar-refractivity contribution in [3.05, 3.63) is 24.3 Å². The highest BCUT2D eigenvalue weighted by Gasteiger charge is 2.06. The van der Waals surface area contributed by atoms with Gasteiger partial charge in [-0.1, -0.05) is 44.8 Å². The van der Waals surface area contributed by atoms with Crippen molar-refractivity contribution in [1.29, 1.82) is 0 Å². The summed E-state index contributed by atoms with van der Waals surface area (Å²) < 4.78 is 0. The first kappa shape index (κ1) is 24.2. The van der Waals surface area contributed by atoms with E-state index in [4.69, 9.17) is 5.11 Å². The Morgan fingerprint density at radius 3 is 1.88 bits per heavy atom. The molecule has 0 radical (unpaired) electrons. The number of aliphatic hydroxyl groups is 1. The lowest BCUT2D eigenvalue weighted by atomic mass is 10.1. The van der Waals surface area contributed by atoms with Crippen LogP contribution < -0.4 is 5.32 Å². The maximum absolute atomic E-state index is 11.7. The van der Waals surface area contributed by atoms with Gasteiger partial charge in [0.25, 0.3) is 0 Å². The van der Waals surface area contributed by atoms with Crippen LogP contribution in [0, 0.1) is 0 Å². The van der Waals surface area contributed by atoms with Gasteiger partial charge in [0.2, 0.25) is 5.91 Å². The van der Waals surface area contributed by atoms with E-state index in [1.165, 1.54) is 31.4 Å². The molecule has 0 aromatic heterocycles. The molecule has 5 nitrogen and oxygen atoms in total. The van der Waals surface area contributed by atoms with Gasteiger partial charge < -0.3 is 10.4 Å². The Hall–Kier alpha value is -1.75. The van der Waals surface area contributed by atoms with Crippen molar-refractivity contribution in [2.24, 2.45) is 0 Å². The van der Waals surface area contributed by atoms with Gasteiger partial charge in [-0.05, 0) is 38.3 Å². The van der Waals surface area contributed by atoms with Crippen molar-refractivity contribution in [1.82, 2.24) is 5.32 Å². The molecule has 1 unspecified atom stereocenters. The Morgan fingerprint density at radius 2 is 1.35 bits per heavy atom. The molecule has 0 rings (SSSR count). The average Bonchev–Trinajstić information content (AvgIpc) is 2.62. The van der Waals surface area contributed by atoms with E-state index < -0.39 is 0 Å². The van der Waals surface area contributed by atoms with Gasteiger partial charge in [0.1, 0.15) is 0 Å². The Kier molecular flexibility index (Phi) is 15.6. The van der Waals surface area contributed by atoms with E-state index in [9.17, 15) is 14.4 Å². The zero-order valence-electron chi connectivity index (χ0n) is 16.3. The van der Waals surface area contributed by atoms with Crippen molar-refractivity contribution in [3.8, 4) is 0 Å². The minimum absolute atomic E-state index is 0.00852. The summed E-state index contributed by atoms with van der Waals surface area (Å²) in [5.74, 6) is -0.0156. The molecule has 0 heterocycles. The van der Waals surface area contributed by atoms with Crippen molar-refractivity contribution in [2.45, 2.75) is 84.1 Å². The molecular formula is C21H35NO4. The molecule has 5 heteroatoms. The predicted octanol–water partition coefficient (Wildman–Crippen LogP) is 3.65. The second-order valence-corrected chi connectivity index (χ2v) is 6.67. The fraction of sp³-hybridized carbons (Fsp3) is 0.667. The van der Waals surface area contributed by atoms with Gasteiger partial charge in [-0.25, -0.2) is 0 Å². The highest BCUT2D eigenvalue weighted by Crippen LogP contribution is 2.06. The van der Waals surface area contributed by atoms with Gasteiger partial charge in [-0.3, -0.25) is 14.4 Å². The van der Waals surface area contributed by atoms with Gasteiger partial charge >= 0.3 is 0 Å². The first-order valence-corrected chi connectivity index (χ1v) is 9.80. The van der Waals surface area contributed by atoms with E-state index in [-0.39, 0.29) is 30.1 Å². The number of aliphatic hydroxyl groups excluding tert-OH is 1. The van der Waals surface area contributed by atoms with Crippen LogP contribution in [0.25, 0.3) is 0 Å². The SMILES string of the molecule is CCCCCCCC(=O)/C=C/C=C/C(=O)CCCCC(=O)NC(C)CO. The number of amides is 1. The van der Waals surface area contributed by atoms with E-state index >= 15 is 0 Å². The van der Waals surface area contributed by atoms with Crippen molar-refractivity contribution in [2.75, 3.05) is 6.61 Å². The molecule has 1 amide bonds. The normalized spacial score (nSPS) is 12.6. The zero-order valence-corrected chi connectivity index (χ0v) is 16.3. The molecule has 0 aliphatic heterocycles. The number of nitrogens with one attached hydrogen (secondary N) is 1. The molecule has 0 saturated carbocycles. The number of hydrogen-bond donors (Lipinski definition) is 2. The molecule has 0 spiro atoms. The van der Waals surface area contributed by atoms with Crippen LogP contribution in [0.2, 0.25) is 0 Å². The van der Waals surface area contributed by atoms with Crippen LogP contribution in [-0.2, 0) is 14.4 Å². The molecule has 0 aromatic carbocycles. The van der Waals surface area contributed by atoms with Crippen LogP contribution in [-0.4, -0.2) is 35.2 Å². The number of unbranched alkanes of at least 4 members (excludes halogenated alkanes) is 5. The van der Waals surface area contributed by atoms with Gasteiger partial charge in [-0.15, -0.1) is 0 Å². The van der Waals surface area contributed by atoms with Crippen molar-refractivity contribution in [3.63, 3.8) is 0 Å². The highest BCUT2D eigenvalue weighted by atomic mass is 16.3. The molecule has 148 valence electrons. The van der Waals surface area contributed by atoms with Crippen LogP contribution in [0.5, 0.6) is 0 Å². The number of rotatable bonds is 16. The number of carbonyl (C=O) groups is 3. The third-order valence-corrected chi connectivity index (χ3v) is 3.96. The minimum atomic E-state index is -0.238. The molecule has 0 saturated heterocycles. The van der Waals surface area contributed by atoms with Crippen LogP contribution in [0.15, 0.2) is 24.3 Å². The zero-order chi connectivity index (χ0) is 19.6. The van der Waals surface area contributed by atoms with E-state index in [0.29, 0.717) is 32.1 Å². The third-order valence-electron chi connectivity index (χ3n) is 3.96. The molecule has 0 aromatic rings. The summed E-state index contributed by atoms with van der Waals surface area (Å²) in [5.41, 5.74) is 0. The third kappa shape index (κ3) is 15.8. The van der Waals surface area contributed by atoms with Crippen molar-refractivity contribution < 1.29 is 19.5 Å². The molecule has 2 N–H and O–H groups in total. The Morgan fingerprint density at radius 1 is 0.846 bits per heavy atom. The van der Waals surface area contributed by atoms with Crippen LogP contribution in [0.4, 0.5) is 0 Å². The summed E-state index contributed by atoms with van der Waals surface area (Å²) in [4.78, 5) is 34.8. The summed E-state index contributed by atoms with van der Waals surface area (Å²) in [6.45, 7) is 3.82. The standard InChI is InChI=1S/C21H35NO4/c1-3-4-5-6-7-12-19(24)13-8-9-14-20(25)15-10-11-16-21(26)22-18(2)17-23/h8-9,13-14,18,23H,3-7,10-12,15-17H2,1-2H3,(H,22,26)/b13-8+,14-9+. The summed E-state index contributed by atoms with van der Waals surface area (Å²) in [7, 11) is 0. The average molecular weight is 366 g/mol. The summed E-state index contributed by atoms with van der Waals surface area (Å²) >= 11 is 0. The largest absolute Gasteiger partial charge is 0.394 e. The molecule has 1 atom stereocenters. The van der Waals surface area contributed by atoms with E-state index in [1.54, 1.807) is 19.1 Å². The summed E-state index contributed by atoms with van der Waals surface area (Å²) in [6.07, 6.45) is 14.4. The minimum Gasteiger partial charge on any atom is -0.394 e. The molecule has 0 aliphatic rings. The molecule has 0 bridgehead atoms. The number of hydrogen-bond acceptors (Lipinski definition) is 4. The first-order chi connectivity index (χ1) is 12.5. The van der Waals surface area contributed by atoms with Crippen LogP contribution in [0.1, 0.15) is 78.1 Å². The number of carbonyl (C=O) groups excluding carboxylic acids is 3. The second-order valence-electron chi connectivity index (χ2n) is 6.67. The molecule has 26 heavy (non-hydrogen) atoms. The van der Waals surface area contributed by atoms with Crippen LogP contribution >= 0.6 is 0 Å². The van der Waals surface area contributed by atoms with E-state index in [0.717, 1.165) is 12.8 Å². The smallest absolute Gasteiger partial charge is 0.220 e. The number of ketones is 2. The Labute approximate surface area is 157 Å². The van der Waals surface area contributed by atoms with E-state index in [2.05, 4.69) is 12.2 Å². The highest BCUT2D eigenvalue weighted by molar-refractivity contribution is 5.91. The molecule has 0 aliphatic carbocycles. The van der Waals surface area contributed by atoms with Crippen molar-refractivity contribution >= 4 is 17.5 Å². The fourth-order valence-corrected chi connectivity index (χ4v) is 2.37. The lowest BCUT2D eigenvalue weighted by Gasteiger charge is -2.10. The molecule has 0 fully saturated rings. The number of allylic oxidation sites excluding steroid dienone is 4.